The molecule has 8 nitrogen and oxygen atoms in total. The smallest absolute Gasteiger partial charge is 0.254 e. The van der Waals surface area contributed by atoms with Crippen molar-refractivity contribution in [2.24, 2.45) is 5.41 Å². The molecule has 0 saturated heterocycles. The Balaban J connectivity index is 1.76. The predicted molar refractivity (Wildman–Crippen MR) is 145 cm³/mol. The first-order chi connectivity index (χ1) is 17.1. The van der Waals surface area contributed by atoms with Crippen LogP contribution < -0.4 is 10.9 Å². The van der Waals surface area contributed by atoms with Crippen molar-refractivity contribution in [3.05, 3.63) is 78.8 Å². The number of thiazole rings is 1. The van der Waals surface area contributed by atoms with Gasteiger partial charge in [-0.1, -0.05) is 39.0 Å². The standard InChI is InChI=1S/C25H24ClN5O3S2/c1-5-18-16(7-9-22(33)30(18)14-19(32)23-27-10-11-35-23)17-12-21(28-13-15-6-8-20(26)36-15)31(29-17)24(34)25(2,3)4/h5-12,28H,1,13-14H2,2-4H3. The van der Waals surface area contributed by atoms with Crippen molar-refractivity contribution in [1.29, 1.82) is 0 Å². The van der Waals surface area contributed by atoms with E-state index in [0.29, 0.717) is 38.7 Å². The summed E-state index contributed by atoms with van der Waals surface area (Å²) in [6.07, 6.45) is 3.06. The van der Waals surface area contributed by atoms with E-state index >= 15 is 0 Å². The van der Waals surface area contributed by atoms with Crippen molar-refractivity contribution in [2.45, 2.75) is 33.9 Å². The third-order valence-electron chi connectivity index (χ3n) is 5.28. The van der Waals surface area contributed by atoms with Crippen LogP contribution in [-0.4, -0.2) is 31.0 Å². The molecular weight excluding hydrogens is 518 g/mol. The number of nitrogens with one attached hydrogen (secondary N) is 1. The van der Waals surface area contributed by atoms with Gasteiger partial charge in [-0.2, -0.15) is 9.78 Å². The van der Waals surface area contributed by atoms with Gasteiger partial charge in [-0.25, -0.2) is 4.98 Å². The Bertz CT molecular complexity index is 1490. The van der Waals surface area contributed by atoms with Gasteiger partial charge in [0.05, 0.1) is 28.8 Å². The van der Waals surface area contributed by atoms with Gasteiger partial charge in [0, 0.05) is 39.6 Å². The summed E-state index contributed by atoms with van der Waals surface area (Å²) in [5, 5.41) is 9.90. The van der Waals surface area contributed by atoms with Crippen LogP contribution in [0.15, 0.2) is 53.3 Å². The van der Waals surface area contributed by atoms with Crippen molar-refractivity contribution in [3.8, 4) is 11.3 Å². The van der Waals surface area contributed by atoms with E-state index in [0.717, 1.165) is 4.88 Å². The lowest BCUT2D eigenvalue weighted by Gasteiger charge is -2.18. The molecule has 0 aliphatic rings. The summed E-state index contributed by atoms with van der Waals surface area (Å²) in [5.41, 5.74) is 0.420. The predicted octanol–water partition coefficient (Wildman–Crippen LogP) is 5.71. The van der Waals surface area contributed by atoms with Crippen LogP contribution in [0, 0.1) is 5.41 Å². The number of hydrogen-bond donors (Lipinski definition) is 1. The fourth-order valence-electron chi connectivity index (χ4n) is 3.50. The first-order valence-corrected chi connectivity index (χ1v) is 13.1. The highest BCUT2D eigenvalue weighted by atomic mass is 35.5. The van der Waals surface area contributed by atoms with E-state index in [1.165, 1.54) is 44.1 Å². The largest absolute Gasteiger partial charge is 0.365 e. The lowest BCUT2D eigenvalue weighted by molar-refractivity contribution is 0.0752. The van der Waals surface area contributed by atoms with Crippen molar-refractivity contribution in [1.82, 2.24) is 19.3 Å². The molecule has 1 N–H and O–H groups in total. The number of halogens is 1. The average molecular weight is 542 g/mol. The number of nitrogens with zero attached hydrogens (tertiary/aromatic N) is 4. The normalized spacial score (nSPS) is 11.4. The summed E-state index contributed by atoms with van der Waals surface area (Å²) < 4.78 is 3.36. The minimum absolute atomic E-state index is 0.187. The van der Waals surface area contributed by atoms with E-state index in [1.807, 2.05) is 32.9 Å². The third-order valence-corrected chi connectivity index (χ3v) is 7.33. The molecule has 0 unspecified atom stereocenters. The molecule has 4 aromatic heterocycles. The van der Waals surface area contributed by atoms with E-state index in [9.17, 15) is 14.4 Å². The summed E-state index contributed by atoms with van der Waals surface area (Å²) >= 11 is 8.71. The maximum atomic E-state index is 13.2. The van der Waals surface area contributed by atoms with Gasteiger partial charge in [0.15, 0.2) is 5.01 Å². The second-order valence-electron chi connectivity index (χ2n) is 8.96. The number of pyridine rings is 1. The Morgan fingerprint density at radius 1 is 1.22 bits per heavy atom. The van der Waals surface area contributed by atoms with Crippen LogP contribution in [0.4, 0.5) is 5.82 Å². The number of aromatic nitrogens is 4. The topological polar surface area (TPSA) is 98.9 Å². The molecule has 0 spiro atoms. The quantitative estimate of drug-likeness (QED) is 0.287. The van der Waals surface area contributed by atoms with Gasteiger partial charge >= 0.3 is 0 Å². The number of anilines is 1. The first-order valence-electron chi connectivity index (χ1n) is 11.0. The fraction of sp³-hybridized carbons (Fsp3) is 0.240. The summed E-state index contributed by atoms with van der Waals surface area (Å²) in [5.74, 6) is 0.0201. The lowest BCUT2D eigenvalue weighted by Crippen LogP contribution is -2.29. The Labute approximate surface area is 220 Å². The second-order valence-corrected chi connectivity index (χ2v) is 11.7. The minimum atomic E-state index is -0.688. The molecule has 11 heteroatoms. The zero-order valence-electron chi connectivity index (χ0n) is 19.9. The van der Waals surface area contributed by atoms with Crippen molar-refractivity contribution in [3.63, 3.8) is 0 Å². The highest BCUT2D eigenvalue weighted by molar-refractivity contribution is 7.16. The molecular formula is C25H24ClN5O3S2. The number of thiophene rings is 1. The number of carbonyl (C=O) groups excluding carboxylic acids is 2. The molecule has 0 saturated carbocycles. The zero-order valence-corrected chi connectivity index (χ0v) is 22.3. The zero-order chi connectivity index (χ0) is 26.0. The molecule has 4 rings (SSSR count). The summed E-state index contributed by atoms with van der Waals surface area (Å²) in [4.78, 5) is 43.7. The van der Waals surface area contributed by atoms with Crippen LogP contribution in [0.2, 0.25) is 4.34 Å². The molecule has 0 bridgehead atoms. The molecule has 4 aromatic rings. The molecule has 186 valence electrons. The number of rotatable bonds is 8. The summed E-state index contributed by atoms with van der Waals surface area (Å²) in [7, 11) is 0. The van der Waals surface area contributed by atoms with E-state index in [2.05, 4.69) is 22.0 Å². The molecule has 0 fully saturated rings. The van der Waals surface area contributed by atoms with Crippen molar-refractivity contribution >= 4 is 57.9 Å². The number of Topliss-reactive ketones (excluding diaryl/α,β-unsaturated/α-hetero) is 1. The molecule has 0 aliphatic carbocycles. The monoisotopic (exact) mass is 541 g/mol. The molecule has 36 heavy (non-hydrogen) atoms. The molecule has 0 amide bonds. The van der Waals surface area contributed by atoms with E-state index in [4.69, 9.17) is 11.6 Å². The lowest BCUT2D eigenvalue weighted by atomic mass is 9.96. The van der Waals surface area contributed by atoms with Crippen LogP contribution >= 0.6 is 34.3 Å². The third kappa shape index (κ3) is 5.40. The summed E-state index contributed by atoms with van der Waals surface area (Å²) in [6.45, 7) is 9.58. The molecule has 4 heterocycles. The second kappa shape index (κ2) is 10.3. The van der Waals surface area contributed by atoms with Gasteiger partial charge in [0.25, 0.3) is 11.5 Å². The molecule has 0 aromatic carbocycles. The SMILES string of the molecule is C=Cc1c(-c2cc(NCc3ccc(Cl)s3)n(C(=O)C(C)(C)C)n2)ccc(=O)n1CC(=O)c1nccs1. The van der Waals surface area contributed by atoms with Crippen LogP contribution in [0.1, 0.15) is 45.9 Å². The van der Waals surface area contributed by atoms with Gasteiger partial charge in [-0.3, -0.25) is 14.4 Å². The maximum Gasteiger partial charge on any atom is 0.254 e. The minimum Gasteiger partial charge on any atom is -0.365 e. The average Bonchev–Trinajstić information content (AvgIpc) is 3.59. The van der Waals surface area contributed by atoms with E-state index in [-0.39, 0.29) is 23.8 Å². The molecule has 0 atom stereocenters. The highest BCUT2D eigenvalue weighted by Crippen LogP contribution is 2.29. The van der Waals surface area contributed by atoms with Gasteiger partial charge < -0.3 is 9.88 Å². The van der Waals surface area contributed by atoms with Gasteiger partial charge in [0.2, 0.25) is 5.78 Å². The Hall–Kier alpha value is -3.34. The number of carbonyl (C=O) groups is 2. The summed E-state index contributed by atoms with van der Waals surface area (Å²) in [6, 6.07) is 8.49. The van der Waals surface area contributed by atoms with E-state index in [1.54, 1.807) is 23.7 Å². The van der Waals surface area contributed by atoms with Crippen LogP contribution in [0.3, 0.4) is 0 Å². The Morgan fingerprint density at radius 2 is 2.00 bits per heavy atom. The molecule has 0 aliphatic heterocycles. The van der Waals surface area contributed by atoms with Gasteiger partial charge in [-0.15, -0.1) is 22.7 Å². The van der Waals surface area contributed by atoms with E-state index < -0.39 is 5.41 Å². The number of hydrogen-bond acceptors (Lipinski definition) is 8. The fourth-order valence-corrected chi connectivity index (χ4v) is 5.10. The number of ketones is 1. The van der Waals surface area contributed by atoms with Crippen molar-refractivity contribution < 1.29 is 9.59 Å². The van der Waals surface area contributed by atoms with Gasteiger partial charge in [-0.05, 0) is 24.3 Å². The Morgan fingerprint density at radius 3 is 2.61 bits per heavy atom. The first kappa shape index (κ1) is 25.7. The van der Waals surface area contributed by atoms with Crippen LogP contribution in [-0.2, 0) is 13.1 Å². The highest BCUT2D eigenvalue weighted by Gasteiger charge is 2.27. The molecule has 0 radical (unpaired) electrons. The van der Waals surface area contributed by atoms with Gasteiger partial charge in [0.1, 0.15) is 5.82 Å². The van der Waals surface area contributed by atoms with Crippen LogP contribution in [0.25, 0.3) is 17.3 Å². The van der Waals surface area contributed by atoms with Crippen molar-refractivity contribution in [2.75, 3.05) is 5.32 Å². The Kier molecular flexibility index (Phi) is 7.39. The maximum absolute atomic E-state index is 13.2. The van der Waals surface area contributed by atoms with Crippen LogP contribution in [0.5, 0.6) is 0 Å².